The van der Waals surface area contributed by atoms with Crippen LogP contribution in [0.25, 0.3) is 10.9 Å². The molecule has 3 aromatic rings. The first kappa shape index (κ1) is 19.3. The van der Waals surface area contributed by atoms with Crippen LogP contribution in [-0.2, 0) is 17.5 Å². The first-order valence-corrected chi connectivity index (χ1v) is 9.39. The van der Waals surface area contributed by atoms with Crippen molar-refractivity contribution in [3.63, 3.8) is 0 Å². The number of carbonyl (C=O) groups is 1. The summed E-state index contributed by atoms with van der Waals surface area (Å²) in [7, 11) is 0. The monoisotopic (exact) mass is 393 g/mol. The zero-order chi connectivity index (χ0) is 19.3. The SMILES string of the molecule is O=C(CSc1ccc(C(F)(F)F)cn1)NCCCn1ccc2ccccc21. The molecule has 1 amide bonds. The Labute approximate surface area is 158 Å². The van der Waals surface area contributed by atoms with Gasteiger partial charge >= 0.3 is 6.18 Å². The van der Waals surface area contributed by atoms with Crippen molar-refractivity contribution >= 4 is 28.6 Å². The van der Waals surface area contributed by atoms with Crippen molar-refractivity contribution < 1.29 is 18.0 Å². The first-order chi connectivity index (χ1) is 12.9. The largest absolute Gasteiger partial charge is 0.417 e. The van der Waals surface area contributed by atoms with Crippen LogP contribution >= 0.6 is 11.8 Å². The van der Waals surface area contributed by atoms with E-state index in [-0.39, 0.29) is 11.7 Å². The van der Waals surface area contributed by atoms with Crippen LogP contribution in [0.5, 0.6) is 0 Å². The van der Waals surface area contributed by atoms with Crippen molar-refractivity contribution in [2.75, 3.05) is 12.3 Å². The van der Waals surface area contributed by atoms with E-state index in [4.69, 9.17) is 0 Å². The average Bonchev–Trinajstić information content (AvgIpc) is 3.06. The highest BCUT2D eigenvalue weighted by molar-refractivity contribution is 7.99. The zero-order valence-electron chi connectivity index (χ0n) is 14.4. The van der Waals surface area contributed by atoms with Gasteiger partial charge in [-0.25, -0.2) is 4.98 Å². The molecular weight excluding hydrogens is 375 g/mol. The molecule has 142 valence electrons. The van der Waals surface area contributed by atoms with Gasteiger partial charge in [-0.15, -0.1) is 0 Å². The molecule has 0 saturated carbocycles. The van der Waals surface area contributed by atoms with Crippen LogP contribution in [-0.4, -0.2) is 27.8 Å². The fraction of sp³-hybridized carbons (Fsp3) is 0.263. The maximum atomic E-state index is 12.5. The highest BCUT2D eigenvalue weighted by Gasteiger charge is 2.30. The number of thioether (sulfide) groups is 1. The molecule has 0 spiro atoms. The summed E-state index contributed by atoms with van der Waals surface area (Å²) in [6.45, 7) is 1.33. The van der Waals surface area contributed by atoms with Gasteiger partial charge < -0.3 is 9.88 Å². The fourth-order valence-corrected chi connectivity index (χ4v) is 3.31. The maximum absolute atomic E-state index is 12.5. The van der Waals surface area contributed by atoms with E-state index < -0.39 is 11.7 Å². The van der Waals surface area contributed by atoms with Gasteiger partial charge in [-0.05, 0) is 36.1 Å². The quantitative estimate of drug-likeness (QED) is 0.479. The highest BCUT2D eigenvalue weighted by atomic mass is 32.2. The summed E-state index contributed by atoms with van der Waals surface area (Å²) < 4.78 is 39.6. The molecule has 2 heterocycles. The van der Waals surface area contributed by atoms with E-state index in [1.807, 2.05) is 18.3 Å². The number of halogens is 3. The molecule has 0 saturated heterocycles. The second-order valence-electron chi connectivity index (χ2n) is 5.94. The second kappa shape index (κ2) is 8.47. The van der Waals surface area contributed by atoms with Gasteiger partial charge in [-0.1, -0.05) is 30.0 Å². The van der Waals surface area contributed by atoms with Gasteiger partial charge in [0.15, 0.2) is 0 Å². The lowest BCUT2D eigenvalue weighted by molar-refractivity contribution is -0.137. The predicted octanol–water partition coefficient (Wildman–Crippen LogP) is 4.35. The van der Waals surface area contributed by atoms with Gasteiger partial charge in [0.25, 0.3) is 0 Å². The van der Waals surface area contributed by atoms with E-state index in [9.17, 15) is 18.0 Å². The molecule has 1 N–H and O–H groups in total. The number of fused-ring (bicyclic) bond motifs is 1. The number of pyridine rings is 1. The number of hydrogen-bond acceptors (Lipinski definition) is 3. The van der Waals surface area contributed by atoms with Crippen LogP contribution < -0.4 is 5.32 Å². The van der Waals surface area contributed by atoms with Crippen molar-refractivity contribution in [3.05, 3.63) is 60.4 Å². The van der Waals surface area contributed by atoms with Crippen molar-refractivity contribution in [3.8, 4) is 0 Å². The van der Waals surface area contributed by atoms with Crippen LogP contribution in [0.15, 0.2) is 59.9 Å². The van der Waals surface area contributed by atoms with Gasteiger partial charge in [0, 0.05) is 31.0 Å². The Morgan fingerprint density at radius 3 is 2.70 bits per heavy atom. The summed E-state index contributed by atoms with van der Waals surface area (Å²) in [5, 5.41) is 4.39. The summed E-state index contributed by atoms with van der Waals surface area (Å²) in [6, 6.07) is 12.4. The number of alkyl halides is 3. The number of nitrogens with zero attached hydrogens (tertiary/aromatic N) is 2. The maximum Gasteiger partial charge on any atom is 0.417 e. The molecule has 0 fully saturated rings. The first-order valence-electron chi connectivity index (χ1n) is 8.40. The molecule has 0 bridgehead atoms. The van der Waals surface area contributed by atoms with Crippen molar-refractivity contribution in [2.24, 2.45) is 0 Å². The summed E-state index contributed by atoms with van der Waals surface area (Å²) in [6.07, 6.45) is -0.813. The van der Waals surface area contributed by atoms with E-state index in [2.05, 4.69) is 33.1 Å². The molecule has 0 radical (unpaired) electrons. The number of para-hydroxylation sites is 1. The van der Waals surface area contributed by atoms with Gasteiger partial charge in [-0.3, -0.25) is 4.79 Å². The van der Waals surface area contributed by atoms with Crippen molar-refractivity contribution in [2.45, 2.75) is 24.2 Å². The topological polar surface area (TPSA) is 46.9 Å². The number of aromatic nitrogens is 2. The minimum Gasteiger partial charge on any atom is -0.355 e. The molecule has 27 heavy (non-hydrogen) atoms. The summed E-state index contributed by atoms with van der Waals surface area (Å²) in [5.41, 5.74) is 0.363. The molecule has 1 aromatic carbocycles. The van der Waals surface area contributed by atoms with E-state index in [1.54, 1.807) is 0 Å². The number of benzene rings is 1. The van der Waals surface area contributed by atoms with Gasteiger partial charge in [0.2, 0.25) is 5.91 Å². The normalized spacial score (nSPS) is 11.7. The zero-order valence-corrected chi connectivity index (χ0v) is 15.2. The van der Waals surface area contributed by atoms with Gasteiger partial charge in [0.1, 0.15) is 0 Å². The van der Waals surface area contributed by atoms with Gasteiger partial charge in [-0.2, -0.15) is 13.2 Å². The fourth-order valence-electron chi connectivity index (χ4n) is 2.64. The molecule has 3 rings (SSSR count). The Hall–Kier alpha value is -2.48. The number of aryl methyl sites for hydroxylation is 1. The standard InChI is InChI=1S/C19H18F3N3OS/c20-19(21,22)15-6-7-18(24-12-15)27-13-17(26)23-9-3-10-25-11-8-14-4-1-2-5-16(14)25/h1-2,4-8,11-12H,3,9-10,13H2,(H,23,26). The Bertz CT molecular complexity index is 906. The molecule has 0 aliphatic rings. The Kier molecular flexibility index (Phi) is 6.05. The Morgan fingerprint density at radius 2 is 1.96 bits per heavy atom. The number of hydrogen-bond donors (Lipinski definition) is 1. The van der Waals surface area contributed by atoms with E-state index in [0.29, 0.717) is 11.6 Å². The predicted molar refractivity (Wildman–Crippen MR) is 99.5 cm³/mol. The van der Waals surface area contributed by atoms with Crippen LogP contribution in [0, 0.1) is 0 Å². The molecule has 8 heteroatoms. The minimum atomic E-state index is -4.40. The molecule has 0 aliphatic heterocycles. The average molecular weight is 393 g/mol. The molecule has 0 aliphatic carbocycles. The lowest BCUT2D eigenvalue weighted by Crippen LogP contribution is -2.26. The Balaban J connectivity index is 1.38. The lowest BCUT2D eigenvalue weighted by atomic mass is 10.2. The van der Waals surface area contributed by atoms with E-state index >= 15 is 0 Å². The summed E-state index contributed by atoms with van der Waals surface area (Å²) >= 11 is 1.11. The Morgan fingerprint density at radius 1 is 1.15 bits per heavy atom. The third kappa shape index (κ3) is 5.26. The smallest absolute Gasteiger partial charge is 0.355 e. The minimum absolute atomic E-state index is 0.116. The number of carbonyl (C=O) groups excluding carboxylic acids is 1. The molecular formula is C19H18F3N3OS. The van der Waals surface area contributed by atoms with Crippen LogP contribution in [0.1, 0.15) is 12.0 Å². The van der Waals surface area contributed by atoms with Gasteiger partial charge in [0.05, 0.1) is 16.3 Å². The summed E-state index contributed by atoms with van der Waals surface area (Å²) in [5.74, 6) is -0.0516. The van der Waals surface area contributed by atoms with E-state index in [0.717, 1.165) is 42.5 Å². The number of amides is 1. The van der Waals surface area contributed by atoms with Crippen LogP contribution in [0.2, 0.25) is 0 Å². The second-order valence-corrected chi connectivity index (χ2v) is 6.94. The van der Waals surface area contributed by atoms with E-state index in [1.165, 1.54) is 11.5 Å². The number of rotatable bonds is 7. The third-order valence-corrected chi connectivity index (χ3v) is 4.94. The molecule has 2 aromatic heterocycles. The van der Waals surface area contributed by atoms with Crippen LogP contribution in [0.3, 0.4) is 0 Å². The highest BCUT2D eigenvalue weighted by Crippen LogP contribution is 2.29. The van der Waals surface area contributed by atoms with Crippen molar-refractivity contribution in [1.29, 1.82) is 0 Å². The molecule has 4 nitrogen and oxygen atoms in total. The van der Waals surface area contributed by atoms with Crippen LogP contribution in [0.4, 0.5) is 13.2 Å². The summed E-state index contributed by atoms with van der Waals surface area (Å²) in [4.78, 5) is 15.6. The number of nitrogens with one attached hydrogen (secondary N) is 1. The lowest BCUT2D eigenvalue weighted by Gasteiger charge is -2.08. The molecule has 0 unspecified atom stereocenters. The third-order valence-electron chi connectivity index (χ3n) is 3.99. The van der Waals surface area contributed by atoms with Crippen molar-refractivity contribution in [1.82, 2.24) is 14.9 Å². The molecule has 0 atom stereocenters.